The molecular weight excluding hydrogens is 280 g/mol. The number of nitrogens with one attached hydrogen (secondary N) is 4. The highest BCUT2D eigenvalue weighted by molar-refractivity contribution is 5.94. The third-order valence-electron chi connectivity index (χ3n) is 3.05. The number of benzene rings is 1. The van der Waals surface area contributed by atoms with E-state index < -0.39 is 0 Å². The summed E-state index contributed by atoms with van der Waals surface area (Å²) in [6.07, 6.45) is 0.863. The first kappa shape index (κ1) is 16.3. The highest BCUT2D eigenvalue weighted by Gasteiger charge is 2.22. The minimum absolute atomic E-state index is 0. The first-order valence-corrected chi connectivity index (χ1v) is 6.29. The molecule has 1 atom stereocenters. The molecule has 110 valence electrons. The lowest BCUT2D eigenvalue weighted by Crippen LogP contribution is -2.25. The highest BCUT2D eigenvalue weighted by Crippen LogP contribution is 2.17. The predicted molar refractivity (Wildman–Crippen MR) is 81.4 cm³/mol. The molecule has 1 aliphatic rings. The molecule has 20 heavy (non-hydrogen) atoms. The topological polar surface area (TPSA) is 82.3 Å². The summed E-state index contributed by atoms with van der Waals surface area (Å²) >= 11 is 0. The number of rotatable bonds is 3. The number of hydrogen-bond acceptors (Lipinski definition) is 3. The number of urea groups is 1. The monoisotopic (exact) mass is 298 g/mol. The van der Waals surface area contributed by atoms with Crippen LogP contribution in [0.5, 0.6) is 0 Å². The number of carbonyl (C=O) groups excluding carboxylic acids is 2. The van der Waals surface area contributed by atoms with Crippen LogP contribution in [0, 0.1) is 5.92 Å². The van der Waals surface area contributed by atoms with Crippen molar-refractivity contribution in [2.75, 3.05) is 30.8 Å². The summed E-state index contributed by atoms with van der Waals surface area (Å²) < 4.78 is 0. The number of amides is 3. The van der Waals surface area contributed by atoms with Gasteiger partial charge in [0, 0.05) is 25.0 Å². The largest absolute Gasteiger partial charge is 0.341 e. The van der Waals surface area contributed by atoms with Crippen LogP contribution >= 0.6 is 12.4 Å². The van der Waals surface area contributed by atoms with Gasteiger partial charge in [-0.15, -0.1) is 12.4 Å². The minimum Gasteiger partial charge on any atom is -0.341 e. The highest BCUT2D eigenvalue weighted by atomic mass is 35.5. The van der Waals surface area contributed by atoms with Gasteiger partial charge in [-0.2, -0.15) is 0 Å². The molecule has 0 aromatic heterocycles. The summed E-state index contributed by atoms with van der Waals surface area (Å²) in [6.45, 7) is 1.61. The van der Waals surface area contributed by atoms with Gasteiger partial charge >= 0.3 is 6.03 Å². The lowest BCUT2D eigenvalue weighted by atomic mass is 10.1. The maximum atomic E-state index is 12.0. The van der Waals surface area contributed by atoms with Crippen molar-refractivity contribution < 1.29 is 9.59 Å². The molecular formula is C13H19ClN4O2. The molecule has 0 spiro atoms. The van der Waals surface area contributed by atoms with Gasteiger partial charge in [0.25, 0.3) is 0 Å². The molecule has 1 aromatic carbocycles. The Labute approximate surface area is 124 Å². The molecule has 1 heterocycles. The van der Waals surface area contributed by atoms with Gasteiger partial charge in [0.2, 0.25) is 5.91 Å². The van der Waals surface area contributed by atoms with E-state index in [1.54, 1.807) is 31.3 Å². The summed E-state index contributed by atoms with van der Waals surface area (Å²) in [5, 5.41) is 11.2. The zero-order valence-corrected chi connectivity index (χ0v) is 12.0. The van der Waals surface area contributed by atoms with E-state index in [9.17, 15) is 9.59 Å². The molecule has 2 rings (SSSR count). The van der Waals surface area contributed by atoms with E-state index in [1.165, 1.54) is 0 Å². The van der Waals surface area contributed by atoms with Gasteiger partial charge < -0.3 is 21.3 Å². The van der Waals surface area contributed by atoms with E-state index in [0.29, 0.717) is 11.4 Å². The van der Waals surface area contributed by atoms with Crippen LogP contribution in [0.4, 0.5) is 16.2 Å². The van der Waals surface area contributed by atoms with Crippen molar-refractivity contribution in [3.63, 3.8) is 0 Å². The average molecular weight is 299 g/mol. The van der Waals surface area contributed by atoms with Crippen LogP contribution in [0.2, 0.25) is 0 Å². The molecule has 1 saturated heterocycles. The SMILES string of the molecule is CNC(=O)Nc1cccc(NC(=O)C2CCNC2)c1.Cl. The molecule has 1 aliphatic heterocycles. The van der Waals surface area contributed by atoms with Crippen molar-refractivity contribution in [3.8, 4) is 0 Å². The van der Waals surface area contributed by atoms with Crippen LogP contribution in [-0.2, 0) is 4.79 Å². The summed E-state index contributed by atoms with van der Waals surface area (Å²) in [6, 6.07) is 6.80. The summed E-state index contributed by atoms with van der Waals surface area (Å²) in [5.74, 6) is 0.0395. The molecule has 0 bridgehead atoms. The Kier molecular flexibility index (Phi) is 6.27. The molecule has 0 saturated carbocycles. The predicted octanol–water partition coefficient (Wildman–Crippen LogP) is 1.41. The zero-order valence-electron chi connectivity index (χ0n) is 11.2. The number of hydrogen-bond donors (Lipinski definition) is 4. The van der Waals surface area contributed by atoms with Crippen molar-refractivity contribution in [1.82, 2.24) is 10.6 Å². The van der Waals surface area contributed by atoms with Gasteiger partial charge in [0.15, 0.2) is 0 Å². The quantitative estimate of drug-likeness (QED) is 0.681. The molecule has 7 heteroatoms. The number of anilines is 2. The van der Waals surface area contributed by atoms with Gasteiger partial charge in [0.05, 0.1) is 5.92 Å². The van der Waals surface area contributed by atoms with Crippen LogP contribution in [0.1, 0.15) is 6.42 Å². The van der Waals surface area contributed by atoms with Gasteiger partial charge in [-0.25, -0.2) is 4.79 Å². The molecule has 1 fully saturated rings. The molecule has 4 N–H and O–H groups in total. The number of carbonyl (C=O) groups is 2. The second-order valence-corrected chi connectivity index (χ2v) is 4.46. The Morgan fingerprint density at radius 1 is 1.25 bits per heavy atom. The zero-order chi connectivity index (χ0) is 13.7. The van der Waals surface area contributed by atoms with Crippen LogP contribution < -0.4 is 21.3 Å². The lowest BCUT2D eigenvalue weighted by molar-refractivity contribution is -0.119. The fraction of sp³-hybridized carbons (Fsp3) is 0.385. The van der Waals surface area contributed by atoms with Crippen molar-refractivity contribution >= 4 is 35.7 Å². The summed E-state index contributed by atoms with van der Waals surface area (Å²) in [7, 11) is 1.55. The average Bonchev–Trinajstić information content (AvgIpc) is 2.93. The smallest absolute Gasteiger partial charge is 0.318 e. The fourth-order valence-electron chi connectivity index (χ4n) is 1.99. The van der Waals surface area contributed by atoms with Crippen LogP contribution in [0.3, 0.4) is 0 Å². The second kappa shape index (κ2) is 7.72. The van der Waals surface area contributed by atoms with Gasteiger partial charge in [-0.1, -0.05) is 6.07 Å². The van der Waals surface area contributed by atoms with Crippen LogP contribution in [0.15, 0.2) is 24.3 Å². The molecule has 1 unspecified atom stereocenters. The van der Waals surface area contributed by atoms with E-state index in [0.717, 1.165) is 19.5 Å². The normalized spacial score (nSPS) is 16.9. The van der Waals surface area contributed by atoms with Crippen molar-refractivity contribution in [2.45, 2.75) is 6.42 Å². The van der Waals surface area contributed by atoms with Crippen LogP contribution in [-0.4, -0.2) is 32.1 Å². The first-order valence-electron chi connectivity index (χ1n) is 6.29. The van der Waals surface area contributed by atoms with E-state index in [1.807, 2.05) is 0 Å². The fourth-order valence-corrected chi connectivity index (χ4v) is 1.99. The second-order valence-electron chi connectivity index (χ2n) is 4.46. The summed E-state index contributed by atoms with van der Waals surface area (Å²) in [5.41, 5.74) is 1.33. The lowest BCUT2D eigenvalue weighted by Gasteiger charge is -2.11. The van der Waals surface area contributed by atoms with Gasteiger partial charge in [0.1, 0.15) is 0 Å². The third kappa shape index (κ3) is 4.40. The van der Waals surface area contributed by atoms with Crippen LogP contribution in [0.25, 0.3) is 0 Å². The Morgan fingerprint density at radius 2 is 1.95 bits per heavy atom. The molecule has 6 nitrogen and oxygen atoms in total. The molecule has 1 aromatic rings. The van der Waals surface area contributed by atoms with Gasteiger partial charge in [-0.05, 0) is 31.2 Å². The number of halogens is 1. The minimum atomic E-state index is -0.288. The standard InChI is InChI=1S/C13H18N4O2.ClH/c1-14-13(19)17-11-4-2-3-10(7-11)16-12(18)9-5-6-15-8-9;/h2-4,7,9,15H,5-6,8H2,1H3,(H,16,18)(H2,14,17,19);1H. The van der Waals surface area contributed by atoms with E-state index in [2.05, 4.69) is 21.3 Å². The van der Waals surface area contributed by atoms with Crippen molar-refractivity contribution in [3.05, 3.63) is 24.3 Å². The molecule has 0 aliphatic carbocycles. The Bertz CT molecular complexity index is 475. The van der Waals surface area contributed by atoms with E-state index in [-0.39, 0.29) is 30.3 Å². The Hall–Kier alpha value is -1.79. The van der Waals surface area contributed by atoms with Gasteiger partial charge in [-0.3, -0.25) is 4.79 Å². The van der Waals surface area contributed by atoms with E-state index in [4.69, 9.17) is 0 Å². The Morgan fingerprint density at radius 3 is 2.55 bits per heavy atom. The van der Waals surface area contributed by atoms with E-state index >= 15 is 0 Å². The van der Waals surface area contributed by atoms with Crippen molar-refractivity contribution in [2.24, 2.45) is 5.92 Å². The Balaban J connectivity index is 0.00000200. The third-order valence-corrected chi connectivity index (χ3v) is 3.05. The summed E-state index contributed by atoms with van der Waals surface area (Å²) in [4.78, 5) is 23.2. The maximum absolute atomic E-state index is 12.0. The van der Waals surface area contributed by atoms with Crippen molar-refractivity contribution in [1.29, 1.82) is 0 Å². The maximum Gasteiger partial charge on any atom is 0.318 e. The molecule has 3 amide bonds. The molecule has 0 radical (unpaired) electrons. The first-order chi connectivity index (χ1) is 9.19.